The third kappa shape index (κ3) is 1.27. The topological polar surface area (TPSA) is 43.8 Å². The molecule has 3 heteroatoms. The third-order valence-electron chi connectivity index (χ3n) is 2.92. The zero-order valence-corrected chi connectivity index (χ0v) is 8.33. The first-order chi connectivity index (χ1) is 6.13. The van der Waals surface area contributed by atoms with E-state index in [-0.39, 0.29) is 5.54 Å². The Morgan fingerprint density at radius 1 is 1.54 bits per heavy atom. The van der Waals surface area contributed by atoms with Crippen LogP contribution in [0.1, 0.15) is 44.8 Å². The predicted octanol–water partition coefficient (Wildman–Crippen LogP) is 1.80. The molecule has 1 aromatic heterocycles. The first-order valence-electron chi connectivity index (χ1n) is 4.96. The molecule has 1 aliphatic carbocycles. The van der Waals surface area contributed by atoms with Crippen LogP contribution in [0.5, 0.6) is 0 Å². The fraction of sp³-hybridized carbons (Fsp3) is 0.700. The monoisotopic (exact) mass is 179 g/mol. The lowest BCUT2D eigenvalue weighted by Gasteiger charge is -2.38. The van der Waals surface area contributed by atoms with Crippen LogP contribution in [0, 0.1) is 0 Å². The molecule has 0 radical (unpaired) electrons. The number of nitrogens with two attached hydrogens (primary N) is 1. The van der Waals surface area contributed by atoms with Crippen molar-refractivity contribution in [3.63, 3.8) is 0 Å². The molecule has 0 saturated heterocycles. The van der Waals surface area contributed by atoms with Crippen molar-refractivity contribution >= 4 is 0 Å². The summed E-state index contributed by atoms with van der Waals surface area (Å²) in [5, 5.41) is 4.30. The molecule has 1 saturated carbocycles. The van der Waals surface area contributed by atoms with Gasteiger partial charge in [0.15, 0.2) is 0 Å². The number of aromatic nitrogens is 2. The summed E-state index contributed by atoms with van der Waals surface area (Å²) in [6, 6.07) is 2.46. The van der Waals surface area contributed by atoms with Crippen LogP contribution in [-0.4, -0.2) is 9.78 Å². The summed E-state index contributed by atoms with van der Waals surface area (Å²) in [5.41, 5.74) is 7.37. The van der Waals surface area contributed by atoms with Crippen molar-refractivity contribution in [1.82, 2.24) is 9.78 Å². The Hall–Kier alpha value is -0.830. The number of rotatable bonds is 2. The van der Waals surface area contributed by atoms with E-state index >= 15 is 0 Å². The summed E-state index contributed by atoms with van der Waals surface area (Å²) in [6.07, 6.45) is 5.30. The first-order valence-corrected chi connectivity index (χ1v) is 4.96. The van der Waals surface area contributed by atoms with Gasteiger partial charge in [-0.15, -0.1) is 0 Å². The summed E-state index contributed by atoms with van der Waals surface area (Å²) in [6.45, 7) is 4.27. The molecule has 1 heterocycles. The third-order valence-corrected chi connectivity index (χ3v) is 2.92. The first kappa shape index (κ1) is 8.75. The van der Waals surface area contributed by atoms with Gasteiger partial charge >= 0.3 is 0 Å². The summed E-state index contributed by atoms with van der Waals surface area (Å²) < 4.78 is 2.04. The van der Waals surface area contributed by atoms with Crippen LogP contribution in [-0.2, 0) is 5.54 Å². The zero-order valence-electron chi connectivity index (χ0n) is 8.33. The van der Waals surface area contributed by atoms with Crippen LogP contribution < -0.4 is 5.73 Å². The predicted molar refractivity (Wildman–Crippen MR) is 52.3 cm³/mol. The summed E-state index contributed by atoms with van der Waals surface area (Å²) in [7, 11) is 0. The number of hydrogen-bond acceptors (Lipinski definition) is 2. The Kier molecular flexibility index (Phi) is 1.91. The van der Waals surface area contributed by atoms with E-state index in [0.717, 1.165) is 12.8 Å². The Balaban J connectivity index is 2.34. The highest BCUT2D eigenvalue weighted by molar-refractivity contribution is 5.18. The smallest absolute Gasteiger partial charge is 0.0585 e. The lowest BCUT2D eigenvalue weighted by molar-refractivity contribution is 0.230. The molecule has 0 atom stereocenters. The van der Waals surface area contributed by atoms with Gasteiger partial charge in [0.1, 0.15) is 0 Å². The molecule has 1 aromatic rings. The molecular weight excluding hydrogens is 162 g/mol. The van der Waals surface area contributed by atoms with Crippen molar-refractivity contribution in [1.29, 1.82) is 0 Å². The van der Waals surface area contributed by atoms with Gasteiger partial charge in [0, 0.05) is 12.2 Å². The molecule has 0 unspecified atom stereocenters. The van der Waals surface area contributed by atoms with Crippen molar-refractivity contribution in [2.24, 2.45) is 5.73 Å². The molecule has 0 aliphatic heterocycles. The van der Waals surface area contributed by atoms with E-state index < -0.39 is 0 Å². The van der Waals surface area contributed by atoms with Gasteiger partial charge in [-0.3, -0.25) is 4.68 Å². The van der Waals surface area contributed by atoms with E-state index in [1.54, 1.807) is 0 Å². The highest BCUT2D eigenvalue weighted by Gasteiger charge is 2.37. The normalized spacial score (nSPS) is 20.3. The fourth-order valence-corrected chi connectivity index (χ4v) is 1.93. The van der Waals surface area contributed by atoms with E-state index in [1.807, 2.05) is 10.9 Å². The van der Waals surface area contributed by atoms with Gasteiger partial charge in [0.05, 0.1) is 11.2 Å². The standard InChI is InChI=1S/C10H17N3/c1-8(2)13-9(4-7-12-13)10(11)5-3-6-10/h4,7-8H,3,5-6,11H2,1-2H3. The van der Waals surface area contributed by atoms with Gasteiger partial charge in [-0.05, 0) is 39.2 Å². The second-order valence-electron chi connectivity index (χ2n) is 4.26. The Morgan fingerprint density at radius 3 is 2.69 bits per heavy atom. The van der Waals surface area contributed by atoms with E-state index in [4.69, 9.17) is 5.73 Å². The van der Waals surface area contributed by atoms with Crippen molar-refractivity contribution < 1.29 is 0 Å². The van der Waals surface area contributed by atoms with Gasteiger partial charge in [0.2, 0.25) is 0 Å². The van der Waals surface area contributed by atoms with Crippen molar-refractivity contribution in [3.8, 4) is 0 Å². The second-order valence-corrected chi connectivity index (χ2v) is 4.26. The second kappa shape index (κ2) is 2.84. The minimum absolute atomic E-state index is 0.0826. The summed E-state index contributed by atoms with van der Waals surface area (Å²) in [5.74, 6) is 0. The molecular formula is C10H17N3. The molecule has 1 fully saturated rings. The average molecular weight is 179 g/mol. The minimum Gasteiger partial charge on any atom is -0.320 e. The summed E-state index contributed by atoms with van der Waals surface area (Å²) in [4.78, 5) is 0. The molecule has 0 aromatic carbocycles. The highest BCUT2D eigenvalue weighted by Crippen LogP contribution is 2.38. The molecule has 0 spiro atoms. The van der Waals surface area contributed by atoms with Gasteiger partial charge in [0.25, 0.3) is 0 Å². The molecule has 0 amide bonds. The maximum Gasteiger partial charge on any atom is 0.0585 e. The van der Waals surface area contributed by atoms with Gasteiger partial charge < -0.3 is 5.73 Å². The van der Waals surface area contributed by atoms with Gasteiger partial charge in [-0.25, -0.2) is 0 Å². The molecule has 2 N–H and O–H groups in total. The quantitative estimate of drug-likeness (QED) is 0.752. The van der Waals surface area contributed by atoms with Crippen LogP contribution in [0.25, 0.3) is 0 Å². The van der Waals surface area contributed by atoms with E-state index in [0.29, 0.717) is 6.04 Å². The van der Waals surface area contributed by atoms with Crippen LogP contribution >= 0.6 is 0 Å². The van der Waals surface area contributed by atoms with Crippen molar-refractivity contribution in [2.45, 2.75) is 44.7 Å². The molecule has 13 heavy (non-hydrogen) atoms. The summed E-state index contributed by atoms with van der Waals surface area (Å²) >= 11 is 0. The fourth-order valence-electron chi connectivity index (χ4n) is 1.93. The molecule has 0 bridgehead atoms. The van der Waals surface area contributed by atoms with Crippen LogP contribution in [0.4, 0.5) is 0 Å². The maximum absolute atomic E-state index is 6.25. The van der Waals surface area contributed by atoms with E-state index in [1.165, 1.54) is 12.1 Å². The Bertz CT molecular complexity index is 297. The number of nitrogens with zero attached hydrogens (tertiary/aromatic N) is 2. The van der Waals surface area contributed by atoms with E-state index in [9.17, 15) is 0 Å². The molecule has 1 aliphatic rings. The molecule has 3 nitrogen and oxygen atoms in total. The van der Waals surface area contributed by atoms with E-state index in [2.05, 4.69) is 25.0 Å². The van der Waals surface area contributed by atoms with Gasteiger partial charge in [-0.1, -0.05) is 0 Å². The minimum atomic E-state index is -0.0826. The average Bonchev–Trinajstić information content (AvgIpc) is 2.47. The van der Waals surface area contributed by atoms with Crippen LogP contribution in [0.15, 0.2) is 12.3 Å². The molecule has 2 rings (SSSR count). The number of hydrogen-bond donors (Lipinski definition) is 1. The van der Waals surface area contributed by atoms with Crippen LogP contribution in [0.3, 0.4) is 0 Å². The molecule has 72 valence electrons. The highest BCUT2D eigenvalue weighted by atomic mass is 15.3. The zero-order chi connectivity index (χ0) is 9.47. The van der Waals surface area contributed by atoms with Gasteiger partial charge in [-0.2, -0.15) is 5.10 Å². The Morgan fingerprint density at radius 2 is 2.23 bits per heavy atom. The lowest BCUT2D eigenvalue weighted by atomic mass is 9.75. The lowest BCUT2D eigenvalue weighted by Crippen LogP contribution is -2.45. The SMILES string of the molecule is CC(C)n1nccc1C1(N)CCC1. The van der Waals surface area contributed by atoms with Crippen molar-refractivity contribution in [2.75, 3.05) is 0 Å². The van der Waals surface area contributed by atoms with Crippen molar-refractivity contribution in [3.05, 3.63) is 18.0 Å². The Labute approximate surface area is 78.9 Å². The largest absolute Gasteiger partial charge is 0.320 e. The van der Waals surface area contributed by atoms with Crippen LogP contribution in [0.2, 0.25) is 0 Å². The maximum atomic E-state index is 6.25.